The van der Waals surface area contributed by atoms with Crippen LogP contribution in [0.2, 0.25) is 0 Å². The standard InChI is InChI=1S/C9H9NO2/c1-11-9-6-12-8-5-3-2-4-7(8)10-9/h2-5H,6H2,1H3. The Morgan fingerprint density at radius 2 is 2.25 bits per heavy atom. The summed E-state index contributed by atoms with van der Waals surface area (Å²) in [7, 11) is 1.59. The van der Waals surface area contributed by atoms with Crippen molar-refractivity contribution in [2.75, 3.05) is 13.7 Å². The molecule has 12 heavy (non-hydrogen) atoms. The Morgan fingerprint density at radius 1 is 1.42 bits per heavy atom. The van der Waals surface area contributed by atoms with E-state index in [4.69, 9.17) is 9.47 Å². The summed E-state index contributed by atoms with van der Waals surface area (Å²) in [5.74, 6) is 1.44. The molecule has 0 N–H and O–H groups in total. The van der Waals surface area contributed by atoms with Crippen LogP contribution in [0.25, 0.3) is 0 Å². The van der Waals surface area contributed by atoms with E-state index in [0.29, 0.717) is 12.5 Å². The fraction of sp³-hybridized carbons (Fsp3) is 0.222. The van der Waals surface area contributed by atoms with Gasteiger partial charge in [-0.1, -0.05) is 12.1 Å². The van der Waals surface area contributed by atoms with Crippen molar-refractivity contribution >= 4 is 11.6 Å². The van der Waals surface area contributed by atoms with E-state index < -0.39 is 0 Å². The van der Waals surface area contributed by atoms with Gasteiger partial charge in [-0.15, -0.1) is 0 Å². The number of methoxy groups -OCH3 is 1. The molecular formula is C9H9NO2. The number of ether oxygens (including phenoxy) is 2. The molecule has 0 radical (unpaired) electrons. The number of aliphatic imine (C=N–C) groups is 1. The third-order valence-corrected chi connectivity index (χ3v) is 1.70. The lowest BCUT2D eigenvalue weighted by molar-refractivity contribution is 0.306. The molecule has 62 valence electrons. The van der Waals surface area contributed by atoms with Crippen molar-refractivity contribution < 1.29 is 9.47 Å². The Labute approximate surface area is 70.6 Å². The molecule has 3 heteroatoms. The normalized spacial score (nSPS) is 14.2. The molecule has 2 rings (SSSR count). The second-order valence-corrected chi connectivity index (χ2v) is 2.47. The van der Waals surface area contributed by atoms with Crippen LogP contribution in [-0.4, -0.2) is 19.6 Å². The summed E-state index contributed by atoms with van der Waals surface area (Å²) in [4.78, 5) is 4.23. The summed E-state index contributed by atoms with van der Waals surface area (Å²) < 4.78 is 10.3. The fourth-order valence-corrected chi connectivity index (χ4v) is 1.08. The Morgan fingerprint density at radius 3 is 3.08 bits per heavy atom. The third kappa shape index (κ3) is 1.13. The predicted octanol–water partition coefficient (Wildman–Crippen LogP) is 1.76. The molecule has 0 aliphatic carbocycles. The molecule has 0 fully saturated rings. The predicted molar refractivity (Wildman–Crippen MR) is 46.0 cm³/mol. The van der Waals surface area contributed by atoms with Crippen molar-refractivity contribution in [3.8, 4) is 5.75 Å². The summed E-state index contributed by atoms with van der Waals surface area (Å²) in [5.41, 5.74) is 0.834. The van der Waals surface area contributed by atoms with Gasteiger partial charge in [-0.25, -0.2) is 4.99 Å². The first-order chi connectivity index (χ1) is 5.90. The number of para-hydroxylation sites is 2. The van der Waals surface area contributed by atoms with Gasteiger partial charge in [-0.3, -0.25) is 0 Å². The Bertz CT molecular complexity index is 320. The van der Waals surface area contributed by atoms with Crippen LogP contribution in [0, 0.1) is 0 Å². The summed E-state index contributed by atoms with van der Waals surface area (Å²) in [6.45, 7) is 0.424. The molecule has 0 aromatic heterocycles. The quantitative estimate of drug-likeness (QED) is 0.583. The lowest BCUT2D eigenvalue weighted by atomic mass is 10.3. The SMILES string of the molecule is COC1=Nc2ccccc2OC1. The van der Waals surface area contributed by atoms with Gasteiger partial charge in [0.1, 0.15) is 11.4 Å². The van der Waals surface area contributed by atoms with E-state index in [0.717, 1.165) is 11.4 Å². The van der Waals surface area contributed by atoms with E-state index in [2.05, 4.69) is 4.99 Å². The number of hydrogen-bond donors (Lipinski definition) is 0. The molecule has 0 unspecified atom stereocenters. The average Bonchev–Trinajstić information content (AvgIpc) is 2.17. The zero-order valence-electron chi connectivity index (χ0n) is 6.78. The minimum atomic E-state index is 0.424. The fourth-order valence-electron chi connectivity index (χ4n) is 1.08. The van der Waals surface area contributed by atoms with E-state index in [9.17, 15) is 0 Å². The molecular weight excluding hydrogens is 154 g/mol. The van der Waals surface area contributed by atoms with Crippen LogP contribution in [0.15, 0.2) is 29.3 Å². The molecule has 0 spiro atoms. The van der Waals surface area contributed by atoms with E-state index >= 15 is 0 Å². The average molecular weight is 163 g/mol. The molecule has 1 aliphatic rings. The van der Waals surface area contributed by atoms with Gasteiger partial charge in [-0.05, 0) is 12.1 Å². The van der Waals surface area contributed by atoms with Gasteiger partial charge in [-0.2, -0.15) is 0 Å². The monoisotopic (exact) mass is 163 g/mol. The van der Waals surface area contributed by atoms with Crippen LogP contribution in [0.3, 0.4) is 0 Å². The Hall–Kier alpha value is -1.51. The highest BCUT2D eigenvalue weighted by molar-refractivity contribution is 5.83. The van der Waals surface area contributed by atoms with E-state index in [1.54, 1.807) is 7.11 Å². The summed E-state index contributed by atoms with van der Waals surface area (Å²) in [6.07, 6.45) is 0. The smallest absolute Gasteiger partial charge is 0.227 e. The molecule has 0 bridgehead atoms. The van der Waals surface area contributed by atoms with Gasteiger partial charge in [0.25, 0.3) is 0 Å². The first-order valence-corrected chi connectivity index (χ1v) is 3.73. The van der Waals surface area contributed by atoms with Crippen molar-refractivity contribution in [1.82, 2.24) is 0 Å². The largest absolute Gasteiger partial charge is 0.482 e. The van der Waals surface area contributed by atoms with E-state index in [1.807, 2.05) is 24.3 Å². The van der Waals surface area contributed by atoms with Crippen LogP contribution in [0.5, 0.6) is 5.75 Å². The first-order valence-electron chi connectivity index (χ1n) is 3.73. The molecule has 1 aliphatic heterocycles. The van der Waals surface area contributed by atoms with Crippen molar-refractivity contribution in [1.29, 1.82) is 0 Å². The number of benzene rings is 1. The molecule has 0 amide bonds. The molecule has 1 heterocycles. The number of fused-ring (bicyclic) bond motifs is 1. The first kappa shape index (κ1) is 7.16. The zero-order valence-corrected chi connectivity index (χ0v) is 6.78. The van der Waals surface area contributed by atoms with Crippen LogP contribution in [-0.2, 0) is 4.74 Å². The van der Waals surface area contributed by atoms with Crippen LogP contribution in [0.1, 0.15) is 0 Å². The summed E-state index contributed by atoms with van der Waals surface area (Å²) in [5, 5.41) is 0. The lowest BCUT2D eigenvalue weighted by Crippen LogP contribution is -2.16. The highest BCUT2D eigenvalue weighted by atomic mass is 16.5. The number of hydrogen-bond acceptors (Lipinski definition) is 3. The lowest BCUT2D eigenvalue weighted by Gasteiger charge is -2.14. The van der Waals surface area contributed by atoms with Crippen LogP contribution in [0.4, 0.5) is 5.69 Å². The summed E-state index contributed by atoms with van der Waals surface area (Å²) in [6, 6.07) is 7.63. The Balaban J connectivity index is 2.41. The molecule has 0 saturated carbocycles. The topological polar surface area (TPSA) is 30.8 Å². The van der Waals surface area contributed by atoms with Gasteiger partial charge in [0.2, 0.25) is 5.90 Å². The maximum atomic E-state index is 5.37. The van der Waals surface area contributed by atoms with E-state index in [-0.39, 0.29) is 0 Å². The minimum absolute atomic E-state index is 0.424. The molecule has 1 aromatic rings. The maximum Gasteiger partial charge on any atom is 0.227 e. The van der Waals surface area contributed by atoms with Gasteiger partial charge < -0.3 is 9.47 Å². The second-order valence-electron chi connectivity index (χ2n) is 2.47. The third-order valence-electron chi connectivity index (χ3n) is 1.70. The van der Waals surface area contributed by atoms with Crippen LogP contribution < -0.4 is 4.74 Å². The van der Waals surface area contributed by atoms with Crippen molar-refractivity contribution in [2.45, 2.75) is 0 Å². The van der Waals surface area contributed by atoms with Crippen LogP contribution >= 0.6 is 0 Å². The summed E-state index contributed by atoms with van der Waals surface area (Å²) >= 11 is 0. The Kier molecular flexibility index (Phi) is 1.70. The van der Waals surface area contributed by atoms with Crippen molar-refractivity contribution in [3.05, 3.63) is 24.3 Å². The molecule has 0 saturated heterocycles. The van der Waals surface area contributed by atoms with Gasteiger partial charge >= 0.3 is 0 Å². The van der Waals surface area contributed by atoms with Crippen molar-refractivity contribution in [3.63, 3.8) is 0 Å². The zero-order chi connectivity index (χ0) is 8.39. The molecule has 1 aromatic carbocycles. The van der Waals surface area contributed by atoms with Gasteiger partial charge in [0, 0.05) is 0 Å². The highest BCUT2D eigenvalue weighted by Gasteiger charge is 2.11. The molecule has 3 nitrogen and oxygen atoms in total. The highest BCUT2D eigenvalue weighted by Crippen LogP contribution is 2.29. The van der Waals surface area contributed by atoms with Gasteiger partial charge in [0.05, 0.1) is 7.11 Å². The molecule has 0 atom stereocenters. The maximum absolute atomic E-state index is 5.37. The second kappa shape index (κ2) is 2.85. The number of nitrogens with zero attached hydrogens (tertiary/aromatic N) is 1. The number of rotatable bonds is 0. The minimum Gasteiger partial charge on any atom is -0.482 e. The van der Waals surface area contributed by atoms with E-state index in [1.165, 1.54) is 0 Å². The van der Waals surface area contributed by atoms with Crippen molar-refractivity contribution in [2.24, 2.45) is 4.99 Å². The van der Waals surface area contributed by atoms with Gasteiger partial charge in [0.15, 0.2) is 6.61 Å².